The Morgan fingerprint density at radius 2 is 2.24 bits per heavy atom. The van der Waals surface area contributed by atoms with E-state index in [9.17, 15) is 0 Å². The molecule has 21 heavy (non-hydrogen) atoms. The lowest BCUT2D eigenvalue weighted by molar-refractivity contribution is 0.352. The van der Waals surface area contributed by atoms with E-state index >= 15 is 0 Å². The number of rotatable bonds is 5. The predicted octanol–water partition coefficient (Wildman–Crippen LogP) is 2.97. The van der Waals surface area contributed by atoms with E-state index in [1.807, 2.05) is 24.3 Å². The lowest BCUT2D eigenvalue weighted by atomic mass is 10.1. The van der Waals surface area contributed by atoms with Gasteiger partial charge < -0.3 is 14.8 Å². The lowest BCUT2D eigenvalue weighted by Gasteiger charge is -2.10. The molecule has 0 amide bonds. The molecule has 1 aromatic heterocycles. The number of ether oxygens (including phenoxy) is 2. The fourth-order valence-electron chi connectivity index (χ4n) is 2.49. The van der Waals surface area contributed by atoms with Crippen molar-refractivity contribution in [1.29, 1.82) is 0 Å². The number of methoxy groups -OCH3 is 1. The number of fused-ring (bicyclic) bond motifs is 1. The van der Waals surface area contributed by atoms with Crippen LogP contribution in [0.5, 0.6) is 11.6 Å². The quantitative estimate of drug-likeness (QED) is 0.922. The number of benzene rings is 1. The van der Waals surface area contributed by atoms with Gasteiger partial charge in [0.05, 0.1) is 13.7 Å². The highest BCUT2D eigenvalue weighted by atomic mass is 35.5. The predicted molar refractivity (Wildman–Crippen MR) is 82.0 cm³/mol. The van der Waals surface area contributed by atoms with E-state index in [0.29, 0.717) is 12.4 Å². The van der Waals surface area contributed by atoms with E-state index in [4.69, 9.17) is 21.1 Å². The molecule has 0 radical (unpaired) electrons. The van der Waals surface area contributed by atoms with Gasteiger partial charge in [-0.2, -0.15) is 0 Å². The Hall–Kier alpha value is -1.78. The third-order valence-electron chi connectivity index (χ3n) is 3.48. The fraction of sp³-hybridized carbons (Fsp3) is 0.312. The lowest BCUT2D eigenvalue weighted by Crippen LogP contribution is -2.13. The average Bonchev–Trinajstić information content (AvgIpc) is 2.95. The first-order valence-electron chi connectivity index (χ1n) is 6.90. The number of nitrogens with one attached hydrogen (secondary N) is 1. The first kappa shape index (κ1) is 14.2. The molecule has 1 aromatic carbocycles. The normalized spacial score (nSPS) is 12.9. The molecule has 4 nitrogen and oxygen atoms in total. The number of nitrogens with zero attached hydrogens (tertiary/aromatic N) is 1. The molecule has 0 atom stereocenters. The highest BCUT2D eigenvalue weighted by Gasteiger charge is 2.17. The first-order valence-corrected chi connectivity index (χ1v) is 7.28. The van der Waals surface area contributed by atoms with Crippen molar-refractivity contribution in [1.82, 2.24) is 10.3 Å². The molecule has 110 valence electrons. The Labute approximate surface area is 129 Å². The summed E-state index contributed by atoms with van der Waals surface area (Å²) in [5, 5.41) is 4.17. The number of halogens is 1. The maximum absolute atomic E-state index is 6.16. The van der Waals surface area contributed by atoms with E-state index in [1.165, 1.54) is 5.56 Å². The number of hydrogen-bond acceptors (Lipinski definition) is 4. The third-order valence-corrected chi connectivity index (χ3v) is 3.70. The smallest absolute Gasteiger partial charge is 0.213 e. The maximum Gasteiger partial charge on any atom is 0.213 e. The topological polar surface area (TPSA) is 43.4 Å². The molecule has 1 aliphatic rings. The summed E-state index contributed by atoms with van der Waals surface area (Å²) in [6.07, 6.45) is 2.68. The summed E-state index contributed by atoms with van der Waals surface area (Å²) in [5.74, 6) is 1.61. The molecular formula is C16H17ClN2O2. The van der Waals surface area contributed by atoms with Crippen LogP contribution in [0, 0.1) is 0 Å². The van der Waals surface area contributed by atoms with Crippen LogP contribution in [0.25, 0.3) is 0 Å². The van der Waals surface area contributed by atoms with Crippen molar-refractivity contribution in [3.63, 3.8) is 0 Å². The zero-order valence-corrected chi connectivity index (χ0v) is 12.6. The van der Waals surface area contributed by atoms with Crippen molar-refractivity contribution < 1.29 is 9.47 Å². The summed E-state index contributed by atoms with van der Waals surface area (Å²) in [6.45, 7) is 2.19. The van der Waals surface area contributed by atoms with E-state index in [0.717, 1.165) is 41.5 Å². The summed E-state index contributed by atoms with van der Waals surface area (Å²) < 4.78 is 10.8. The van der Waals surface area contributed by atoms with Crippen LogP contribution in [-0.4, -0.2) is 18.7 Å². The molecule has 0 aliphatic carbocycles. The Balaban J connectivity index is 1.65. The van der Waals surface area contributed by atoms with Crippen LogP contribution in [0.1, 0.15) is 16.7 Å². The third kappa shape index (κ3) is 3.28. The first-order chi connectivity index (χ1) is 10.3. The van der Waals surface area contributed by atoms with Crippen molar-refractivity contribution in [2.45, 2.75) is 19.5 Å². The van der Waals surface area contributed by atoms with Crippen LogP contribution in [0.2, 0.25) is 5.02 Å². The van der Waals surface area contributed by atoms with Gasteiger partial charge in [-0.1, -0.05) is 11.6 Å². The molecule has 0 saturated carbocycles. The van der Waals surface area contributed by atoms with Gasteiger partial charge in [0.15, 0.2) is 0 Å². The molecule has 0 bridgehead atoms. The van der Waals surface area contributed by atoms with Gasteiger partial charge in [-0.3, -0.25) is 0 Å². The van der Waals surface area contributed by atoms with E-state index in [1.54, 1.807) is 13.3 Å². The Kier molecular flexibility index (Phi) is 4.27. The summed E-state index contributed by atoms with van der Waals surface area (Å²) in [5.41, 5.74) is 3.43. The minimum absolute atomic E-state index is 0.626. The zero-order valence-electron chi connectivity index (χ0n) is 11.9. The molecule has 3 rings (SSSR count). The van der Waals surface area contributed by atoms with Gasteiger partial charge in [0.2, 0.25) is 5.88 Å². The van der Waals surface area contributed by atoms with E-state index in [-0.39, 0.29) is 0 Å². The maximum atomic E-state index is 6.16. The van der Waals surface area contributed by atoms with Crippen molar-refractivity contribution >= 4 is 11.6 Å². The minimum atomic E-state index is 0.626. The Bertz CT molecular complexity index is 646. The molecule has 2 heterocycles. The molecule has 1 aliphatic heterocycles. The van der Waals surface area contributed by atoms with Crippen LogP contribution >= 0.6 is 11.6 Å². The van der Waals surface area contributed by atoms with Gasteiger partial charge >= 0.3 is 0 Å². The second-order valence-corrected chi connectivity index (χ2v) is 5.40. The summed E-state index contributed by atoms with van der Waals surface area (Å²) in [6, 6.07) is 7.84. The second kappa shape index (κ2) is 6.33. The molecule has 0 unspecified atom stereocenters. The van der Waals surface area contributed by atoms with Crippen LogP contribution in [0.4, 0.5) is 0 Å². The van der Waals surface area contributed by atoms with Crippen molar-refractivity contribution in [3.05, 3.63) is 52.2 Å². The average molecular weight is 305 g/mol. The van der Waals surface area contributed by atoms with Gasteiger partial charge in [-0.05, 0) is 29.3 Å². The van der Waals surface area contributed by atoms with Crippen LogP contribution in [0.3, 0.4) is 0 Å². The van der Waals surface area contributed by atoms with Gasteiger partial charge in [-0.15, -0.1) is 0 Å². The van der Waals surface area contributed by atoms with Crippen LogP contribution < -0.4 is 14.8 Å². The molecule has 1 N–H and O–H groups in total. The largest absolute Gasteiger partial charge is 0.493 e. The SMILES string of the molecule is COc1cc(CNCc2cc(Cl)cc3c2OCC3)ccn1. The monoisotopic (exact) mass is 304 g/mol. The highest BCUT2D eigenvalue weighted by molar-refractivity contribution is 6.30. The molecule has 0 spiro atoms. The van der Waals surface area contributed by atoms with Gasteiger partial charge in [0, 0.05) is 42.4 Å². The highest BCUT2D eigenvalue weighted by Crippen LogP contribution is 2.32. The van der Waals surface area contributed by atoms with Crippen LogP contribution in [0.15, 0.2) is 30.5 Å². The van der Waals surface area contributed by atoms with Gasteiger partial charge in [-0.25, -0.2) is 4.98 Å². The number of hydrogen-bond donors (Lipinski definition) is 1. The number of aromatic nitrogens is 1. The summed E-state index contributed by atoms with van der Waals surface area (Å²) in [4.78, 5) is 4.10. The van der Waals surface area contributed by atoms with Crippen LogP contribution in [-0.2, 0) is 19.5 Å². The van der Waals surface area contributed by atoms with Gasteiger partial charge in [0.25, 0.3) is 0 Å². The standard InChI is InChI=1S/C16H17ClN2O2/c1-20-15-6-11(2-4-19-15)9-18-10-13-8-14(17)7-12-3-5-21-16(12)13/h2,4,6-8,18H,3,5,9-10H2,1H3. The Morgan fingerprint density at radius 3 is 3.10 bits per heavy atom. The van der Waals surface area contributed by atoms with E-state index in [2.05, 4.69) is 10.3 Å². The van der Waals surface area contributed by atoms with Gasteiger partial charge in [0.1, 0.15) is 5.75 Å². The molecule has 0 fully saturated rings. The summed E-state index contributed by atoms with van der Waals surface area (Å²) in [7, 11) is 1.62. The molecular weight excluding hydrogens is 288 g/mol. The molecule has 5 heteroatoms. The van der Waals surface area contributed by atoms with Crippen molar-refractivity contribution in [2.75, 3.05) is 13.7 Å². The van der Waals surface area contributed by atoms with E-state index < -0.39 is 0 Å². The second-order valence-electron chi connectivity index (χ2n) is 4.96. The van der Waals surface area contributed by atoms with Crippen molar-refractivity contribution in [3.8, 4) is 11.6 Å². The molecule has 2 aromatic rings. The van der Waals surface area contributed by atoms with Crippen molar-refractivity contribution in [2.24, 2.45) is 0 Å². The summed E-state index contributed by atoms with van der Waals surface area (Å²) >= 11 is 6.16. The fourth-order valence-corrected chi connectivity index (χ4v) is 2.75. The Morgan fingerprint density at radius 1 is 1.33 bits per heavy atom. The zero-order chi connectivity index (χ0) is 14.7. The minimum Gasteiger partial charge on any atom is -0.493 e. The number of pyridine rings is 1. The molecule has 0 saturated heterocycles.